The molecule has 1 aromatic heterocycles. The van der Waals surface area contributed by atoms with Crippen LogP contribution in [0.15, 0.2) is 36.7 Å². The van der Waals surface area contributed by atoms with E-state index in [0.29, 0.717) is 6.04 Å². The first-order chi connectivity index (χ1) is 10.7. The Hall–Kier alpha value is -2.32. The van der Waals surface area contributed by atoms with Crippen molar-refractivity contribution >= 4 is 5.69 Å². The molecule has 0 radical (unpaired) electrons. The number of nitrogens with one attached hydrogen (secondary N) is 1. The average molecular weight is 295 g/mol. The van der Waals surface area contributed by atoms with E-state index in [4.69, 9.17) is 5.26 Å². The Labute approximate surface area is 131 Å². The van der Waals surface area contributed by atoms with E-state index in [2.05, 4.69) is 33.5 Å². The van der Waals surface area contributed by atoms with Gasteiger partial charge in [-0.2, -0.15) is 10.4 Å². The second-order valence-corrected chi connectivity index (χ2v) is 5.91. The highest BCUT2D eigenvalue weighted by Gasteiger charge is 2.19. The molecule has 0 amide bonds. The van der Waals surface area contributed by atoms with E-state index >= 15 is 0 Å². The van der Waals surface area contributed by atoms with Crippen LogP contribution in [-0.4, -0.2) is 33.8 Å². The number of benzene rings is 1. The van der Waals surface area contributed by atoms with Gasteiger partial charge in [0.1, 0.15) is 0 Å². The predicted molar refractivity (Wildman–Crippen MR) is 86.3 cm³/mol. The molecular formula is C17H21N5. The van der Waals surface area contributed by atoms with Gasteiger partial charge in [-0.3, -0.25) is 9.58 Å². The lowest BCUT2D eigenvalue weighted by molar-refractivity contribution is 0.211. The van der Waals surface area contributed by atoms with Crippen LogP contribution in [-0.2, 0) is 13.6 Å². The first-order valence-electron chi connectivity index (χ1n) is 7.69. The van der Waals surface area contributed by atoms with Crippen molar-refractivity contribution in [2.75, 3.05) is 18.4 Å². The number of aromatic nitrogens is 2. The molecule has 5 heteroatoms. The molecule has 22 heavy (non-hydrogen) atoms. The molecule has 0 bridgehead atoms. The molecule has 1 fully saturated rings. The normalized spacial score (nSPS) is 16.4. The molecule has 114 valence electrons. The molecule has 2 aromatic rings. The Morgan fingerprint density at radius 3 is 2.59 bits per heavy atom. The summed E-state index contributed by atoms with van der Waals surface area (Å²) >= 11 is 0. The number of piperidine rings is 1. The monoisotopic (exact) mass is 295 g/mol. The maximum absolute atomic E-state index is 8.83. The van der Waals surface area contributed by atoms with Crippen molar-refractivity contribution in [3.63, 3.8) is 0 Å². The van der Waals surface area contributed by atoms with E-state index in [1.165, 1.54) is 5.56 Å². The van der Waals surface area contributed by atoms with E-state index in [1.807, 2.05) is 36.3 Å². The molecular weight excluding hydrogens is 274 g/mol. The van der Waals surface area contributed by atoms with E-state index < -0.39 is 0 Å². The zero-order chi connectivity index (χ0) is 15.4. The highest BCUT2D eigenvalue weighted by Crippen LogP contribution is 2.18. The summed E-state index contributed by atoms with van der Waals surface area (Å²) in [5.74, 6) is 0. The second kappa shape index (κ2) is 6.63. The van der Waals surface area contributed by atoms with E-state index in [-0.39, 0.29) is 0 Å². The third-order valence-electron chi connectivity index (χ3n) is 4.15. The lowest BCUT2D eigenvalue weighted by Crippen LogP contribution is -2.38. The van der Waals surface area contributed by atoms with Crippen LogP contribution in [0.3, 0.4) is 0 Å². The molecule has 1 aromatic carbocycles. The molecule has 1 aliphatic heterocycles. The van der Waals surface area contributed by atoms with Crippen LogP contribution in [0.4, 0.5) is 5.69 Å². The van der Waals surface area contributed by atoms with Gasteiger partial charge in [-0.15, -0.1) is 0 Å². The predicted octanol–water partition coefficient (Wildman–Crippen LogP) is 2.37. The Kier molecular flexibility index (Phi) is 4.40. The van der Waals surface area contributed by atoms with Crippen LogP contribution in [0.2, 0.25) is 0 Å². The van der Waals surface area contributed by atoms with Crippen LogP contribution in [0.1, 0.15) is 24.0 Å². The highest BCUT2D eigenvalue weighted by atomic mass is 15.3. The first kappa shape index (κ1) is 14.6. The Balaban J connectivity index is 1.48. The maximum atomic E-state index is 8.83. The number of nitriles is 1. The number of rotatable bonds is 4. The summed E-state index contributed by atoms with van der Waals surface area (Å²) in [6.07, 6.45) is 6.18. The molecule has 0 aliphatic carbocycles. The van der Waals surface area contributed by atoms with Gasteiger partial charge in [0.15, 0.2) is 0 Å². The second-order valence-electron chi connectivity index (χ2n) is 5.91. The fourth-order valence-corrected chi connectivity index (χ4v) is 2.91. The number of hydrogen-bond donors (Lipinski definition) is 1. The van der Waals surface area contributed by atoms with Crippen molar-refractivity contribution in [2.24, 2.45) is 7.05 Å². The summed E-state index contributed by atoms with van der Waals surface area (Å²) < 4.78 is 1.82. The number of aryl methyl sites for hydroxylation is 1. The maximum Gasteiger partial charge on any atom is 0.0991 e. The fraction of sp³-hybridized carbons (Fsp3) is 0.412. The van der Waals surface area contributed by atoms with Gasteiger partial charge < -0.3 is 5.32 Å². The lowest BCUT2D eigenvalue weighted by Gasteiger charge is -2.32. The van der Waals surface area contributed by atoms with Crippen LogP contribution in [0.5, 0.6) is 0 Å². The molecule has 1 aliphatic rings. The number of anilines is 1. The third kappa shape index (κ3) is 3.66. The van der Waals surface area contributed by atoms with Gasteiger partial charge in [-0.1, -0.05) is 12.1 Å². The topological polar surface area (TPSA) is 56.9 Å². The van der Waals surface area contributed by atoms with Crippen molar-refractivity contribution in [1.29, 1.82) is 5.26 Å². The number of nitrogens with zero attached hydrogens (tertiary/aromatic N) is 4. The van der Waals surface area contributed by atoms with Crippen molar-refractivity contribution in [3.05, 3.63) is 47.8 Å². The van der Waals surface area contributed by atoms with Crippen molar-refractivity contribution in [3.8, 4) is 6.07 Å². The smallest absolute Gasteiger partial charge is 0.0991 e. The van der Waals surface area contributed by atoms with E-state index in [9.17, 15) is 0 Å². The van der Waals surface area contributed by atoms with Gasteiger partial charge in [-0.25, -0.2) is 0 Å². The third-order valence-corrected chi connectivity index (χ3v) is 4.15. The zero-order valence-corrected chi connectivity index (χ0v) is 12.9. The summed E-state index contributed by atoms with van der Waals surface area (Å²) in [7, 11) is 1.94. The minimum absolute atomic E-state index is 0.529. The van der Waals surface area contributed by atoms with Crippen LogP contribution < -0.4 is 5.32 Å². The average Bonchev–Trinajstić information content (AvgIpc) is 2.95. The van der Waals surface area contributed by atoms with Gasteiger partial charge in [0.05, 0.1) is 23.5 Å². The van der Waals surface area contributed by atoms with E-state index in [0.717, 1.165) is 43.7 Å². The zero-order valence-electron chi connectivity index (χ0n) is 12.9. The minimum Gasteiger partial charge on any atom is -0.380 e. The molecule has 0 spiro atoms. The number of hydrogen-bond acceptors (Lipinski definition) is 4. The lowest BCUT2D eigenvalue weighted by atomic mass is 10.0. The van der Waals surface area contributed by atoms with Crippen LogP contribution >= 0.6 is 0 Å². The minimum atomic E-state index is 0.529. The molecule has 5 nitrogen and oxygen atoms in total. The molecule has 2 heterocycles. The van der Waals surface area contributed by atoms with Gasteiger partial charge in [0.2, 0.25) is 0 Å². The fourth-order valence-electron chi connectivity index (χ4n) is 2.91. The molecule has 1 N–H and O–H groups in total. The summed E-state index contributed by atoms with van der Waals surface area (Å²) in [5.41, 5.74) is 3.11. The van der Waals surface area contributed by atoms with Gasteiger partial charge >= 0.3 is 0 Å². The van der Waals surface area contributed by atoms with Gasteiger partial charge in [0.25, 0.3) is 0 Å². The summed E-state index contributed by atoms with van der Waals surface area (Å²) in [4.78, 5) is 2.48. The SMILES string of the molecule is Cn1cc(NC2CCN(Cc3ccc(C#N)cc3)CC2)cn1. The standard InChI is InChI=1S/C17H21N5/c1-21-13-17(11-19-21)20-16-6-8-22(9-7-16)12-15-4-2-14(10-18)3-5-15/h2-5,11,13,16,20H,6-9,12H2,1H3. The molecule has 3 rings (SSSR count). The van der Waals surface area contributed by atoms with Crippen molar-refractivity contribution in [2.45, 2.75) is 25.4 Å². The molecule has 1 saturated heterocycles. The van der Waals surface area contributed by atoms with Crippen LogP contribution in [0, 0.1) is 11.3 Å². The van der Waals surface area contributed by atoms with Crippen LogP contribution in [0.25, 0.3) is 0 Å². The quantitative estimate of drug-likeness (QED) is 0.941. The van der Waals surface area contributed by atoms with Gasteiger partial charge in [0, 0.05) is 38.9 Å². The Morgan fingerprint density at radius 2 is 2.00 bits per heavy atom. The molecule has 0 unspecified atom stereocenters. The molecule has 0 saturated carbocycles. The van der Waals surface area contributed by atoms with Crippen molar-refractivity contribution in [1.82, 2.24) is 14.7 Å². The Bertz CT molecular complexity index is 644. The first-order valence-corrected chi connectivity index (χ1v) is 7.69. The number of likely N-dealkylation sites (tertiary alicyclic amines) is 1. The summed E-state index contributed by atoms with van der Waals surface area (Å²) in [5, 5.41) is 16.6. The van der Waals surface area contributed by atoms with Crippen molar-refractivity contribution < 1.29 is 0 Å². The summed E-state index contributed by atoms with van der Waals surface area (Å²) in [6.45, 7) is 3.15. The molecule has 0 atom stereocenters. The largest absolute Gasteiger partial charge is 0.380 e. The highest BCUT2D eigenvalue weighted by molar-refractivity contribution is 5.39. The summed E-state index contributed by atoms with van der Waals surface area (Å²) in [6, 6.07) is 10.6. The Morgan fingerprint density at radius 1 is 1.27 bits per heavy atom. The van der Waals surface area contributed by atoms with Gasteiger partial charge in [-0.05, 0) is 30.5 Å². The van der Waals surface area contributed by atoms with E-state index in [1.54, 1.807) is 0 Å².